The number of aliphatic hydroxyl groups is 1. The van der Waals surface area contributed by atoms with E-state index in [1.807, 2.05) is 33.2 Å². The molecular formula is C22H34N2O4S. The highest BCUT2D eigenvalue weighted by Gasteiger charge is 2.38. The van der Waals surface area contributed by atoms with Crippen molar-refractivity contribution in [2.45, 2.75) is 56.6 Å². The maximum Gasteiger partial charge on any atom is 0.247 e. The summed E-state index contributed by atoms with van der Waals surface area (Å²) in [6, 6.07) is 4.97. The van der Waals surface area contributed by atoms with Gasteiger partial charge in [0.25, 0.3) is 0 Å². The molecule has 3 rings (SSSR count). The van der Waals surface area contributed by atoms with Crippen molar-refractivity contribution in [1.29, 1.82) is 0 Å². The summed E-state index contributed by atoms with van der Waals surface area (Å²) in [7, 11) is 0.209. The topological polar surface area (TPSA) is 70.1 Å². The molecule has 0 amide bonds. The van der Waals surface area contributed by atoms with Gasteiger partial charge in [-0.3, -0.25) is 0 Å². The monoisotopic (exact) mass is 422 g/mol. The molecule has 1 heterocycles. The van der Waals surface area contributed by atoms with Gasteiger partial charge in [-0.05, 0) is 70.0 Å². The largest absolute Gasteiger partial charge is 0.487 e. The number of rotatable bonds is 5. The average Bonchev–Trinajstić information content (AvgIpc) is 2.70. The van der Waals surface area contributed by atoms with Gasteiger partial charge in [-0.2, -0.15) is 4.31 Å². The van der Waals surface area contributed by atoms with E-state index in [0.29, 0.717) is 18.8 Å². The van der Waals surface area contributed by atoms with Gasteiger partial charge in [-0.1, -0.05) is 19.1 Å². The quantitative estimate of drug-likeness (QED) is 0.790. The number of likely N-dealkylation sites (N-methyl/N-ethyl adjacent to an activating group) is 1. The fourth-order valence-electron chi connectivity index (χ4n) is 4.10. The number of aliphatic hydroxyl groups excluding tert-OH is 1. The van der Waals surface area contributed by atoms with E-state index in [1.165, 1.54) is 16.3 Å². The van der Waals surface area contributed by atoms with Crippen LogP contribution in [0, 0.1) is 5.92 Å². The maximum absolute atomic E-state index is 13.4. The minimum Gasteiger partial charge on any atom is -0.487 e. The summed E-state index contributed by atoms with van der Waals surface area (Å²) in [4.78, 5) is 2.25. The average molecular weight is 423 g/mol. The van der Waals surface area contributed by atoms with Crippen molar-refractivity contribution in [3.05, 3.63) is 29.8 Å². The first-order valence-corrected chi connectivity index (χ1v) is 12.0. The maximum atomic E-state index is 13.4. The van der Waals surface area contributed by atoms with Crippen molar-refractivity contribution < 1.29 is 18.3 Å². The zero-order chi connectivity index (χ0) is 21.2. The van der Waals surface area contributed by atoms with Crippen molar-refractivity contribution in [3.8, 4) is 5.75 Å². The molecule has 0 aromatic heterocycles. The molecule has 6 nitrogen and oxygen atoms in total. The zero-order valence-electron chi connectivity index (χ0n) is 18.0. The molecule has 0 spiro atoms. The number of fused-ring (bicyclic) bond motifs is 1. The molecule has 7 heteroatoms. The van der Waals surface area contributed by atoms with Crippen LogP contribution in [0.25, 0.3) is 5.57 Å². The molecule has 1 N–H and O–H groups in total. The number of hydrogen-bond acceptors (Lipinski definition) is 5. The van der Waals surface area contributed by atoms with Crippen molar-refractivity contribution in [1.82, 2.24) is 9.21 Å². The predicted octanol–water partition coefficient (Wildman–Crippen LogP) is 2.97. The number of benzene rings is 1. The second-order valence-corrected chi connectivity index (χ2v) is 10.5. The van der Waals surface area contributed by atoms with E-state index >= 15 is 0 Å². The molecular weight excluding hydrogens is 388 g/mol. The van der Waals surface area contributed by atoms with Gasteiger partial charge in [0, 0.05) is 25.0 Å². The SMILES string of the molecule is C[C@@H]1CN([C@H](C)CO)S(=O)(=O)c2ccc(C3=CCCCC3)cc2O[C@H]1CN(C)C. The first-order chi connectivity index (χ1) is 13.7. The molecule has 0 radical (unpaired) electrons. The van der Waals surface area contributed by atoms with Gasteiger partial charge < -0.3 is 14.7 Å². The molecule has 162 valence electrons. The van der Waals surface area contributed by atoms with Crippen LogP contribution in [0.4, 0.5) is 0 Å². The molecule has 0 fully saturated rings. The normalized spacial score (nSPS) is 26.1. The molecule has 29 heavy (non-hydrogen) atoms. The van der Waals surface area contributed by atoms with Gasteiger partial charge in [0.15, 0.2) is 0 Å². The summed E-state index contributed by atoms with van der Waals surface area (Å²) in [6.07, 6.45) is 6.54. The van der Waals surface area contributed by atoms with Crippen LogP contribution in [0.2, 0.25) is 0 Å². The van der Waals surface area contributed by atoms with Crippen LogP contribution in [0.3, 0.4) is 0 Å². The fourth-order valence-corrected chi connectivity index (χ4v) is 5.93. The molecule has 0 unspecified atom stereocenters. The highest BCUT2D eigenvalue weighted by molar-refractivity contribution is 7.89. The summed E-state index contributed by atoms with van der Waals surface area (Å²) in [5.41, 5.74) is 2.30. The van der Waals surface area contributed by atoms with Crippen molar-refractivity contribution in [2.24, 2.45) is 5.92 Å². The third-order valence-electron chi connectivity index (χ3n) is 5.87. The van der Waals surface area contributed by atoms with Crippen LogP contribution in [0.5, 0.6) is 5.75 Å². The lowest BCUT2D eigenvalue weighted by molar-refractivity contribution is 0.0812. The van der Waals surface area contributed by atoms with E-state index in [0.717, 1.165) is 24.8 Å². The first-order valence-electron chi connectivity index (χ1n) is 10.5. The standard InChI is InChI=1S/C22H34N2O4S/c1-16-13-24(17(2)15-25)29(26,27)22-11-10-19(18-8-6-5-7-9-18)12-20(22)28-21(16)14-23(3)4/h8,10-12,16-17,21,25H,5-7,9,13-15H2,1-4H3/t16-,17-,21+/m1/s1. The van der Waals surface area contributed by atoms with Crippen LogP contribution in [-0.4, -0.2) is 68.7 Å². The Morgan fingerprint density at radius 2 is 2.07 bits per heavy atom. The lowest BCUT2D eigenvalue weighted by atomic mass is 9.93. The molecule has 0 saturated heterocycles. The van der Waals surface area contributed by atoms with Gasteiger partial charge in [0.05, 0.1) is 6.61 Å². The molecule has 0 bridgehead atoms. The van der Waals surface area contributed by atoms with Crippen molar-refractivity contribution in [3.63, 3.8) is 0 Å². The number of allylic oxidation sites excluding steroid dienone is 2. The second-order valence-electron chi connectivity index (χ2n) is 8.64. The van der Waals surface area contributed by atoms with E-state index < -0.39 is 16.1 Å². The summed E-state index contributed by atoms with van der Waals surface area (Å²) < 4.78 is 34.7. The molecule has 0 saturated carbocycles. The van der Waals surface area contributed by atoms with Crippen molar-refractivity contribution >= 4 is 15.6 Å². The fraction of sp³-hybridized carbons (Fsp3) is 0.636. The highest BCUT2D eigenvalue weighted by atomic mass is 32.2. The number of ether oxygens (including phenoxy) is 1. The number of hydrogen-bond donors (Lipinski definition) is 1. The van der Waals surface area contributed by atoms with Gasteiger partial charge >= 0.3 is 0 Å². The Morgan fingerprint density at radius 1 is 1.31 bits per heavy atom. The lowest BCUT2D eigenvalue weighted by Crippen LogP contribution is -2.49. The van der Waals surface area contributed by atoms with Gasteiger partial charge in [-0.25, -0.2) is 8.42 Å². The summed E-state index contributed by atoms with van der Waals surface area (Å²) in [6.45, 7) is 4.54. The molecule has 1 aromatic rings. The minimum atomic E-state index is -3.77. The molecule has 1 aromatic carbocycles. The summed E-state index contributed by atoms with van der Waals surface area (Å²) in [5, 5.41) is 9.69. The Kier molecular flexibility index (Phi) is 7.04. The zero-order valence-corrected chi connectivity index (χ0v) is 18.8. The number of nitrogens with zero attached hydrogens (tertiary/aromatic N) is 2. The molecule has 2 aliphatic rings. The minimum absolute atomic E-state index is 0.0214. The van der Waals surface area contributed by atoms with E-state index in [2.05, 4.69) is 11.0 Å². The molecule has 1 aliphatic carbocycles. The third kappa shape index (κ3) is 4.85. The second kappa shape index (κ2) is 9.16. The third-order valence-corrected chi connectivity index (χ3v) is 7.89. The van der Waals surface area contributed by atoms with Crippen LogP contribution in [0.1, 0.15) is 45.1 Å². The van der Waals surface area contributed by atoms with Crippen LogP contribution < -0.4 is 4.74 Å². The van der Waals surface area contributed by atoms with E-state index in [1.54, 1.807) is 13.0 Å². The Labute approximate surface area is 175 Å². The Morgan fingerprint density at radius 3 is 2.69 bits per heavy atom. The molecule has 3 atom stereocenters. The first kappa shape index (κ1) is 22.3. The van der Waals surface area contributed by atoms with Crippen LogP contribution >= 0.6 is 0 Å². The summed E-state index contributed by atoms with van der Waals surface area (Å²) in [5.74, 6) is 0.398. The highest BCUT2D eigenvalue weighted by Crippen LogP contribution is 2.37. The van der Waals surface area contributed by atoms with E-state index in [9.17, 15) is 13.5 Å². The van der Waals surface area contributed by atoms with Gasteiger partial charge in [0.2, 0.25) is 10.0 Å². The Bertz CT molecular complexity index is 850. The lowest BCUT2D eigenvalue weighted by Gasteiger charge is -2.37. The van der Waals surface area contributed by atoms with Crippen molar-refractivity contribution in [2.75, 3.05) is 33.8 Å². The van der Waals surface area contributed by atoms with Gasteiger partial charge in [-0.15, -0.1) is 0 Å². The summed E-state index contributed by atoms with van der Waals surface area (Å²) >= 11 is 0. The smallest absolute Gasteiger partial charge is 0.247 e. The van der Waals surface area contributed by atoms with E-state index in [4.69, 9.17) is 4.74 Å². The number of sulfonamides is 1. The van der Waals surface area contributed by atoms with E-state index in [-0.39, 0.29) is 23.5 Å². The Hall–Kier alpha value is -1.41. The Balaban J connectivity index is 2.10. The predicted molar refractivity (Wildman–Crippen MR) is 115 cm³/mol. The molecule has 1 aliphatic heterocycles. The van der Waals surface area contributed by atoms with Gasteiger partial charge in [0.1, 0.15) is 16.7 Å². The van der Waals surface area contributed by atoms with Crippen LogP contribution in [-0.2, 0) is 10.0 Å². The van der Waals surface area contributed by atoms with Crippen LogP contribution in [0.15, 0.2) is 29.2 Å².